The van der Waals surface area contributed by atoms with Gasteiger partial charge in [0.15, 0.2) is 0 Å². The van der Waals surface area contributed by atoms with Crippen LogP contribution in [0.15, 0.2) is 36.4 Å². The highest BCUT2D eigenvalue weighted by Gasteiger charge is 2.62. The second-order valence-corrected chi connectivity index (χ2v) is 17.5. The van der Waals surface area contributed by atoms with E-state index in [1.54, 1.807) is 47.7 Å². The van der Waals surface area contributed by atoms with Crippen molar-refractivity contribution in [3.63, 3.8) is 0 Å². The van der Waals surface area contributed by atoms with Crippen LogP contribution >= 0.6 is 11.3 Å². The van der Waals surface area contributed by atoms with Gasteiger partial charge in [0.1, 0.15) is 29.3 Å². The van der Waals surface area contributed by atoms with Crippen LogP contribution in [0.4, 0.5) is 4.79 Å². The molecule has 3 N–H and O–H groups in total. The second-order valence-electron chi connectivity index (χ2n) is 14.6. The molecule has 1 saturated heterocycles. The van der Waals surface area contributed by atoms with Crippen LogP contribution in [0, 0.1) is 11.3 Å². The minimum absolute atomic E-state index is 0.0121. The maximum absolute atomic E-state index is 14.3. The van der Waals surface area contributed by atoms with Gasteiger partial charge in [-0.05, 0) is 63.0 Å². The van der Waals surface area contributed by atoms with Gasteiger partial charge in [0.2, 0.25) is 27.7 Å². The van der Waals surface area contributed by atoms with E-state index in [1.807, 2.05) is 17.5 Å². The van der Waals surface area contributed by atoms with Gasteiger partial charge in [0, 0.05) is 23.2 Å². The van der Waals surface area contributed by atoms with Crippen LogP contribution in [0.5, 0.6) is 5.88 Å². The van der Waals surface area contributed by atoms with Gasteiger partial charge in [0.25, 0.3) is 5.91 Å². The minimum Gasteiger partial charge on any atom is -0.472 e. The Morgan fingerprint density at radius 1 is 1.15 bits per heavy atom. The summed E-state index contributed by atoms with van der Waals surface area (Å²) in [5, 5.41) is 7.54. The van der Waals surface area contributed by atoms with Crippen molar-refractivity contribution < 1.29 is 37.1 Å². The first kappa shape index (κ1) is 34.6. The van der Waals surface area contributed by atoms with Crippen LogP contribution in [0.1, 0.15) is 67.2 Å². The highest BCUT2D eigenvalue weighted by molar-refractivity contribution is 7.91. The van der Waals surface area contributed by atoms with Gasteiger partial charge in [-0.3, -0.25) is 19.1 Å². The zero-order valence-corrected chi connectivity index (χ0v) is 29.1. The summed E-state index contributed by atoms with van der Waals surface area (Å²) in [5.74, 6) is -2.17. The van der Waals surface area contributed by atoms with Gasteiger partial charge in [-0.1, -0.05) is 26.8 Å². The molecular formula is C32H43N5O8S2. The molecule has 3 heterocycles. The molecule has 0 spiro atoms. The molecule has 0 bridgehead atoms. The number of nitrogens with zero attached hydrogens (tertiary/aromatic N) is 2. The van der Waals surface area contributed by atoms with Crippen LogP contribution in [0.3, 0.4) is 0 Å². The maximum Gasteiger partial charge on any atom is 0.408 e. The zero-order valence-electron chi connectivity index (χ0n) is 27.5. The maximum atomic E-state index is 14.3. The number of amides is 4. The molecule has 3 aliphatic rings. The third-order valence-corrected chi connectivity index (χ3v) is 11.2. The topological polar surface area (TPSA) is 173 Å². The molecule has 2 aromatic heterocycles. The fraction of sp³-hybridized carbons (Fsp3) is 0.594. The van der Waals surface area contributed by atoms with Crippen LogP contribution in [0.2, 0.25) is 0 Å². The molecule has 0 radical (unpaired) electrons. The lowest BCUT2D eigenvalue weighted by Gasteiger charge is -2.36. The first-order chi connectivity index (χ1) is 21.8. The average molecular weight is 690 g/mol. The highest BCUT2D eigenvalue weighted by atomic mass is 32.2. The van der Waals surface area contributed by atoms with Gasteiger partial charge < -0.3 is 25.0 Å². The molecule has 1 aliphatic heterocycles. The van der Waals surface area contributed by atoms with E-state index in [9.17, 15) is 27.6 Å². The van der Waals surface area contributed by atoms with Crippen molar-refractivity contribution in [3.8, 4) is 5.88 Å². The number of alkyl carbamates (subject to hydrolysis) is 1. The molecule has 3 fully saturated rings. The lowest BCUT2D eigenvalue weighted by atomic mass is 9.85. The number of ether oxygens (including phenoxy) is 2. The van der Waals surface area contributed by atoms with Crippen molar-refractivity contribution >= 4 is 55.3 Å². The Morgan fingerprint density at radius 3 is 2.45 bits per heavy atom. The van der Waals surface area contributed by atoms with E-state index in [1.165, 1.54) is 22.3 Å². The van der Waals surface area contributed by atoms with Gasteiger partial charge >= 0.3 is 6.09 Å². The summed E-state index contributed by atoms with van der Waals surface area (Å²) in [5.41, 5.74) is -3.13. The number of fused-ring (bicyclic) bond motifs is 1. The number of rotatable bonds is 10. The smallest absolute Gasteiger partial charge is 0.408 e. The predicted octanol–water partition coefficient (Wildman–Crippen LogP) is 3.25. The molecule has 256 valence electrons. The highest BCUT2D eigenvalue weighted by Crippen LogP contribution is 2.45. The Kier molecular flexibility index (Phi) is 9.12. The molecular weight excluding hydrogens is 647 g/mol. The SMILES string of the molecule is C=CC1C[C@]1(NC(=O)[C@@H]1C[C@@H](Oc2nccc3sccc23)CN1C(=O)[C@@H](NC(=O)OC(C)(C)C)C(C)(C)C)C(=O)NS(=O)(=O)C1CC1. The van der Waals surface area contributed by atoms with Crippen molar-refractivity contribution in [3.05, 3.63) is 36.4 Å². The van der Waals surface area contributed by atoms with Gasteiger partial charge in [-0.2, -0.15) is 0 Å². The van der Waals surface area contributed by atoms with Crippen LogP contribution in [0.25, 0.3) is 10.1 Å². The fourth-order valence-electron chi connectivity index (χ4n) is 5.75. The first-order valence-electron chi connectivity index (χ1n) is 15.6. The largest absolute Gasteiger partial charge is 0.472 e. The Hall–Kier alpha value is -3.72. The number of carbonyl (C=O) groups is 4. The van der Waals surface area contributed by atoms with Crippen molar-refractivity contribution in [1.29, 1.82) is 0 Å². The summed E-state index contributed by atoms with van der Waals surface area (Å²) in [6, 6.07) is 1.54. The summed E-state index contributed by atoms with van der Waals surface area (Å²) in [6.45, 7) is 14.2. The number of likely N-dealkylation sites (tertiary alicyclic amines) is 1. The fourth-order valence-corrected chi connectivity index (χ4v) is 7.89. The Labute approximate surface area is 278 Å². The molecule has 2 aromatic rings. The third kappa shape index (κ3) is 7.56. The van der Waals surface area contributed by atoms with Gasteiger partial charge in [-0.15, -0.1) is 17.9 Å². The van der Waals surface area contributed by atoms with E-state index in [4.69, 9.17) is 9.47 Å². The van der Waals surface area contributed by atoms with Crippen LogP contribution < -0.4 is 20.1 Å². The van der Waals surface area contributed by atoms with Gasteiger partial charge in [0.05, 0.1) is 17.2 Å². The zero-order chi connectivity index (χ0) is 34.5. The molecule has 47 heavy (non-hydrogen) atoms. The molecule has 1 unspecified atom stereocenters. The Morgan fingerprint density at radius 2 is 1.85 bits per heavy atom. The van der Waals surface area contributed by atoms with Crippen molar-refractivity contribution in [2.24, 2.45) is 11.3 Å². The number of hydrogen-bond acceptors (Lipinski definition) is 10. The summed E-state index contributed by atoms with van der Waals surface area (Å²) < 4.78 is 40.0. The van der Waals surface area contributed by atoms with E-state index in [0.717, 1.165) is 10.1 Å². The minimum atomic E-state index is -3.88. The number of hydrogen-bond donors (Lipinski definition) is 3. The second kappa shape index (κ2) is 12.4. The first-order valence-corrected chi connectivity index (χ1v) is 18.1. The van der Waals surface area contributed by atoms with E-state index in [-0.39, 0.29) is 19.4 Å². The average Bonchev–Trinajstić information content (AvgIpc) is 3.84. The molecule has 4 amide bonds. The summed E-state index contributed by atoms with van der Waals surface area (Å²) in [4.78, 5) is 60.3. The number of pyridine rings is 1. The number of carbonyl (C=O) groups excluding carboxylic acids is 4. The summed E-state index contributed by atoms with van der Waals surface area (Å²) in [7, 11) is -3.88. The molecule has 0 aromatic carbocycles. The number of aromatic nitrogens is 1. The van der Waals surface area contributed by atoms with E-state index in [2.05, 4.69) is 26.9 Å². The summed E-state index contributed by atoms with van der Waals surface area (Å²) in [6.07, 6.45) is 2.82. The van der Waals surface area contributed by atoms with Crippen LogP contribution in [-0.4, -0.2) is 83.2 Å². The monoisotopic (exact) mass is 689 g/mol. The van der Waals surface area contributed by atoms with E-state index < -0.39 is 79.7 Å². The van der Waals surface area contributed by atoms with Crippen LogP contribution in [-0.2, 0) is 29.1 Å². The Balaban J connectivity index is 1.42. The van der Waals surface area contributed by atoms with Crippen molar-refractivity contribution in [1.82, 2.24) is 25.2 Å². The lowest BCUT2D eigenvalue weighted by Crippen LogP contribution is -2.60. The van der Waals surface area contributed by atoms with Crippen molar-refractivity contribution in [2.45, 2.75) is 102 Å². The third-order valence-electron chi connectivity index (χ3n) is 8.49. The Bertz CT molecular complexity index is 1690. The van der Waals surface area contributed by atoms with Gasteiger partial charge in [-0.25, -0.2) is 18.2 Å². The molecule has 2 saturated carbocycles. The molecule has 5 rings (SSSR count). The quantitative estimate of drug-likeness (QED) is 0.317. The number of nitrogens with one attached hydrogen (secondary N) is 3. The number of sulfonamides is 1. The molecule has 15 heteroatoms. The lowest BCUT2D eigenvalue weighted by molar-refractivity contribution is -0.143. The molecule has 5 atom stereocenters. The number of thiophene rings is 1. The van der Waals surface area contributed by atoms with E-state index in [0.29, 0.717) is 18.7 Å². The van der Waals surface area contributed by atoms with Crippen molar-refractivity contribution in [2.75, 3.05) is 6.54 Å². The standard InChI is InChI=1S/C32H43N5O8S2/c1-8-18-16-32(18,28(40)36-47(42,43)20-9-10-20)35-25(38)22-15-19(44-26-21-12-14-46-23(21)11-13-33-26)17-37(22)27(39)24(30(2,3)4)34-29(41)45-31(5,6)7/h8,11-14,18-20,22,24H,1,9-10,15-17H2,2-7H3,(H,34,41)(H,35,38)(H,36,40)/t18?,19-,22+,24-,32-/m1/s1. The summed E-state index contributed by atoms with van der Waals surface area (Å²) >= 11 is 1.52. The molecule has 13 nitrogen and oxygen atoms in total. The molecule has 2 aliphatic carbocycles. The van der Waals surface area contributed by atoms with E-state index >= 15 is 0 Å². The normalized spacial score (nSPS) is 25.1. The predicted molar refractivity (Wildman–Crippen MR) is 176 cm³/mol.